The summed E-state index contributed by atoms with van der Waals surface area (Å²) >= 11 is 0. The lowest BCUT2D eigenvalue weighted by Gasteiger charge is -2.22. The van der Waals surface area contributed by atoms with Crippen molar-refractivity contribution in [2.75, 3.05) is 0 Å². The molecule has 0 amide bonds. The van der Waals surface area contributed by atoms with Gasteiger partial charge in [0.2, 0.25) is 0 Å². The summed E-state index contributed by atoms with van der Waals surface area (Å²) in [5.74, 6) is -1.08. The van der Waals surface area contributed by atoms with E-state index in [9.17, 15) is 47.9 Å². The van der Waals surface area contributed by atoms with E-state index in [0.717, 1.165) is 12.1 Å². The molecule has 0 aromatic heterocycles. The molecular formula is C13H13O10P3. The predicted molar refractivity (Wildman–Crippen MR) is 93.5 cm³/mol. The fourth-order valence-corrected chi connectivity index (χ4v) is 6.84. The standard InChI is InChI=1S/C13H13O10P3/c1-2-9(14)10-7-5-3-4-6-8(7)11(24(15,16)17)13(26(21,22)23)12(10)25(18,19)20/h2-6H,1H2,(H2,15,16,17)(H2,18,19,20)(H2,21,22,23). The molecule has 0 aliphatic heterocycles. The van der Waals surface area contributed by atoms with Crippen LogP contribution in [-0.4, -0.2) is 35.1 Å². The Kier molecular flexibility index (Phi) is 5.31. The molecule has 13 heteroatoms. The number of hydrogen-bond acceptors (Lipinski definition) is 4. The fourth-order valence-electron chi connectivity index (χ4n) is 2.60. The van der Waals surface area contributed by atoms with Gasteiger partial charge in [-0.05, 0) is 16.8 Å². The molecule has 0 saturated carbocycles. The van der Waals surface area contributed by atoms with E-state index in [1.807, 2.05) is 0 Å². The zero-order valence-electron chi connectivity index (χ0n) is 12.8. The van der Waals surface area contributed by atoms with Crippen LogP contribution in [0.3, 0.4) is 0 Å². The first-order chi connectivity index (χ1) is 11.7. The Morgan fingerprint density at radius 2 is 1.19 bits per heavy atom. The molecule has 0 atom stereocenters. The summed E-state index contributed by atoms with van der Waals surface area (Å²) in [6.45, 7) is 3.18. The molecule has 26 heavy (non-hydrogen) atoms. The van der Waals surface area contributed by atoms with Crippen LogP contribution in [0.25, 0.3) is 10.8 Å². The van der Waals surface area contributed by atoms with Crippen molar-refractivity contribution in [2.45, 2.75) is 0 Å². The average molecular weight is 422 g/mol. The molecule has 0 saturated heterocycles. The van der Waals surface area contributed by atoms with E-state index in [4.69, 9.17) is 0 Å². The molecule has 10 nitrogen and oxygen atoms in total. The summed E-state index contributed by atoms with van der Waals surface area (Å²) in [6.07, 6.45) is 0.668. The fraction of sp³-hybridized carbons (Fsp3) is 0. The molecule has 0 spiro atoms. The van der Waals surface area contributed by atoms with Crippen molar-refractivity contribution in [1.29, 1.82) is 0 Å². The summed E-state index contributed by atoms with van der Waals surface area (Å²) in [6, 6.07) is 4.83. The third-order valence-electron chi connectivity index (χ3n) is 3.44. The lowest BCUT2D eigenvalue weighted by atomic mass is 10.0. The average Bonchev–Trinajstić information content (AvgIpc) is 2.48. The largest absolute Gasteiger partial charge is 0.358 e. The van der Waals surface area contributed by atoms with E-state index in [2.05, 4.69) is 6.58 Å². The molecule has 0 aliphatic rings. The first-order valence-corrected chi connectivity index (χ1v) is 11.5. The van der Waals surface area contributed by atoms with Gasteiger partial charge in [0.05, 0.1) is 15.9 Å². The molecule has 6 N–H and O–H groups in total. The van der Waals surface area contributed by atoms with Crippen LogP contribution in [0, 0.1) is 0 Å². The Balaban J connectivity index is 3.43. The predicted octanol–water partition coefficient (Wildman–Crippen LogP) is -0.383. The third-order valence-corrected chi connectivity index (χ3v) is 6.90. The first kappa shape index (κ1) is 20.9. The normalized spacial score (nSPS) is 13.0. The molecule has 140 valence electrons. The number of allylic oxidation sites excluding steroid dienone is 1. The quantitative estimate of drug-likeness (QED) is 0.210. The SMILES string of the molecule is C=CC(=O)c1c(P(=O)(O)O)c(P(=O)(O)O)c(P(=O)(O)O)c2ccccc12. The minimum atomic E-state index is -5.64. The van der Waals surface area contributed by atoms with E-state index >= 15 is 0 Å². The van der Waals surface area contributed by atoms with E-state index in [0.29, 0.717) is 6.08 Å². The van der Waals surface area contributed by atoms with Crippen molar-refractivity contribution >= 4 is 55.3 Å². The highest BCUT2D eigenvalue weighted by Gasteiger charge is 2.43. The topological polar surface area (TPSA) is 190 Å². The number of fused-ring (bicyclic) bond motifs is 1. The minimum absolute atomic E-state index is 0.286. The van der Waals surface area contributed by atoms with Crippen molar-refractivity contribution in [3.8, 4) is 0 Å². The number of hydrogen-bond donors (Lipinski definition) is 6. The smallest absolute Gasteiger partial charge is 0.321 e. The molecule has 0 aliphatic carbocycles. The Morgan fingerprint density at radius 1 is 0.769 bits per heavy atom. The van der Waals surface area contributed by atoms with E-state index in [-0.39, 0.29) is 5.39 Å². The van der Waals surface area contributed by atoms with Crippen LogP contribution >= 0.6 is 22.8 Å². The van der Waals surface area contributed by atoms with Crippen LogP contribution in [0.5, 0.6) is 0 Å². The summed E-state index contributed by atoms with van der Waals surface area (Å²) in [5.41, 5.74) is -0.778. The highest BCUT2D eigenvalue weighted by atomic mass is 31.2. The van der Waals surface area contributed by atoms with Gasteiger partial charge in [-0.15, -0.1) is 0 Å². The van der Waals surface area contributed by atoms with E-state index < -0.39 is 55.4 Å². The van der Waals surface area contributed by atoms with Gasteiger partial charge in [-0.1, -0.05) is 30.8 Å². The monoisotopic (exact) mass is 422 g/mol. The van der Waals surface area contributed by atoms with Gasteiger partial charge in [-0.2, -0.15) is 0 Å². The molecule has 0 bridgehead atoms. The van der Waals surface area contributed by atoms with Crippen molar-refractivity contribution in [3.05, 3.63) is 42.5 Å². The van der Waals surface area contributed by atoms with Gasteiger partial charge in [0.1, 0.15) is 0 Å². The summed E-state index contributed by atoms with van der Waals surface area (Å²) in [4.78, 5) is 69.9. The van der Waals surface area contributed by atoms with Gasteiger partial charge in [-0.3, -0.25) is 18.5 Å². The highest BCUT2D eigenvalue weighted by Crippen LogP contribution is 2.47. The van der Waals surface area contributed by atoms with Crippen molar-refractivity contribution in [1.82, 2.24) is 0 Å². The van der Waals surface area contributed by atoms with Gasteiger partial charge < -0.3 is 29.4 Å². The van der Waals surface area contributed by atoms with Crippen LogP contribution in [0.1, 0.15) is 10.4 Å². The Labute approximate surface area is 146 Å². The van der Waals surface area contributed by atoms with Gasteiger partial charge in [-0.25, -0.2) is 0 Å². The number of rotatable bonds is 5. The molecule has 0 radical (unpaired) electrons. The molecule has 0 fully saturated rings. The lowest BCUT2D eigenvalue weighted by Crippen LogP contribution is -2.41. The maximum Gasteiger partial charge on any atom is 0.358 e. The number of benzene rings is 2. The third kappa shape index (κ3) is 3.66. The van der Waals surface area contributed by atoms with E-state index in [1.54, 1.807) is 0 Å². The van der Waals surface area contributed by atoms with Crippen LogP contribution in [0.4, 0.5) is 0 Å². The number of ketones is 1. The van der Waals surface area contributed by atoms with Crippen molar-refractivity contribution in [3.63, 3.8) is 0 Å². The summed E-state index contributed by atoms with van der Waals surface area (Å²) in [5, 5.41) is -4.91. The Morgan fingerprint density at radius 3 is 1.58 bits per heavy atom. The highest BCUT2D eigenvalue weighted by molar-refractivity contribution is 7.71. The molecule has 2 rings (SSSR count). The maximum atomic E-state index is 12.2. The second-order valence-electron chi connectivity index (χ2n) is 5.17. The summed E-state index contributed by atoms with van der Waals surface area (Å²) in [7, 11) is -16.6. The molecule has 2 aromatic carbocycles. The van der Waals surface area contributed by atoms with Crippen LogP contribution in [0.2, 0.25) is 0 Å². The van der Waals surface area contributed by atoms with Gasteiger partial charge >= 0.3 is 22.8 Å². The molecular weight excluding hydrogens is 409 g/mol. The zero-order chi connectivity index (χ0) is 20.1. The number of carbonyl (C=O) groups is 1. The molecule has 2 aromatic rings. The maximum absolute atomic E-state index is 12.2. The molecule has 0 unspecified atom stereocenters. The number of carbonyl (C=O) groups excluding carboxylic acids is 1. The van der Waals surface area contributed by atoms with Gasteiger partial charge in [0, 0.05) is 5.56 Å². The Hall–Kier alpha value is -1.44. The van der Waals surface area contributed by atoms with Crippen LogP contribution < -0.4 is 15.9 Å². The summed E-state index contributed by atoms with van der Waals surface area (Å²) < 4.78 is 35.9. The lowest BCUT2D eigenvalue weighted by molar-refractivity contribution is 0.104. The molecule has 0 heterocycles. The van der Waals surface area contributed by atoms with Gasteiger partial charge in [0.25, 0.3) is 0 Å². The minimum Gasteiger partial charge on any atom is -0.321 e. The van der Waals surface area contributed by atoms with Crippen LogP contribution in [-0.2, 0) is 13.7 Å². The first-order valence-electron chi connectivity index (χ1n) is 6.65. The second kappa shape index (κ2) is 6.62. The zero-order valence-corrected chi connectivity index (χ0v) is 15.4. The van der Waals surface area contributed by atoms with Crippen molar-refractivity contribution in [2.24, 2.45) is 0 Å². The van der Waals surface area contributed by atoms with E-state index in [1.165, 1.54) is 12.1 Å². The second-order valence-corrected chi connectivity index (χ2v) is 9.77. The van der Waals surface area contributed by atoms with Gasteiger partial charge in [0.15, 0.2) is 5.78 Å². The Bertz CT molecular complexity index is 1070. The van der Waals surface area contributed by atoms with Crippen LogP contribution in [0.15, 0.2) is 36.9 Å². The van der Waals surface area contributed by atoms with Crippen molar-refractivity contribution < 1.29 is 47.9 Å².